The number of carbonyl (C=O) groups is 1. The van der Waals surface area contributed by atoms with Crippen LogP contribution >= 0.6 is 11.6 Å². The molecule has 0 amide bonds. The maximum absolute atomic E-state index is 12.1. The summed E-state index contributed by atoms with van der Waals surface area (Å²) in [6.07, 6.45) is -0.753. The van der Waals surface area contributed by atoms with Crippen molar-refractivity contribution >= 4 is 17.6 Å². The Morgan fingerprint density at radius 3 is 2.50 bits per heavy atom. The fourth-order valence-corrected chi connectivity index (χ4v) is 2.27. The predicted octanol–water partition coefficient (Wildman–Crippen LogP) is 4.21. The highest BCUT2D eigenvalue weighted by Gasteiger charge is 2.18. The number of halogens is 1. The molecular formula is C19H17ClN2O4. The molecule has 0 N–H and O–H groups in total. The van der Waals surface area contributed by atoms with Crippen molar-refractivity contribution < 1.29 is 18.7 Å². The third-order valence-corrected chi connectivity index (χ3v) is 3.81. The Hall–Kier alpha value is -2.86. The van der Waals surface area contributed by atoms with Crippen LogP contribution in [0, 0.1) is 6.92 Å². The first-order valence-electron chi connectivity index (χ1n) is 7.99. The Morgan fingerprint density at radius 1 is 1.12 bits per heavy atom. The van der Waals surface area contributed by atoms with E-state index in [0.29, 0.717) is 16.7 Å². The van der Waals surface area contributed by atoms with Gasteiger partial charge in [0.15, 0.2) is 12.7 Å². The third-order valence-electron chi connectivity index (χ3n) is 3.56. The topological polar surface area (TPSA) is 74.5 Å². The van der Waals surface area contributed by atoms with E-state index in [4.69, 9.17) is 25.5 Å². The van der Waals surface area contributed by atoms with E-state index in [1.165, 1.54) is 0 Å². The van der Waals surface area contributed by atoms with E-state index in [0.717, 1.165) is 11.1 Å². The molecule has 0 fully saturated rings. The molecule has 3 aromatic rings. The fraction of sp³-hybridized carbons (Fsp3) is 0.211. The summed E-state index contributed by atoms with van der Waals surface area (Å²) in [6.45, 7) is 3.47. The number of benzene rings is 2. The molecule has 3 rings (SSSR count). The summed E-state index contributed by atoms with van der Waals surface area (Å²) in [7, 11) is 0. The molecule has 26 heavy (non-hydrogen) atoms. The van der Waals surface area contributed by atoms with Crippen LogP contribution in [0.5, 0.6) is 5.75 Å². The molecule has 1 aromatic heterocycles. The first-order chi connectivity index (χ1) is 12.5. The molecule has 0 saturated carbocycles. The van der Waals surface area contributed by atoms with Crippen LogP contribution < -0.4 is 4.74 Å². The summed E-state index contributed by atoms with van der Waals surface area (Å²) < 4.78 is 16.2. The minimum atomic E-state index is -0.753. The van der Waals surface area contributed by atoms with E-state index in [2.05, 4.69) is 10.2 Å². The number of hydrogen-bond donors (Lipinski definition) is 0. The van der Waals surface area contributed by atoms with Gasteiger partial charge in [-0.3, -0.25) is 0 Å². The van der Waals surface area contributed by atoms with Crippen molar-refractivity contribution in [2.45, 2.75) is 26.6 Å². The average molecular weight is 373 g/mol. The van der Waals surface area contributed by atoms with Crippen LogP contribution in [-0.2, 0) is 16.1 Å². The quantitative estimate of drug-likeness (QED) is 0.603. The van der Waals surface area contributed by atoms with E-state index in [-0.39, 0.29) is 12.5 Å². The Balaban J connectivity index is 1.54. The summed E-state index contributed by atoms with van der Waals surface area (Å²) in [5.41, 5.74) is 1.84. The molecule has 0 saturated heterocycles. The number of aromatic nitrogens is 2. The zero-order valence-corrected chi connectivity index (χ0v) is 15.1. The van der Waals surface area contributed by atoms with E-state index < -0.39 is 12.1 Å². The number of ether oxygens (including phenoxy) is 2. The Morgan fingerprint density at radius 2 is 1.81 bits per heavy atom. The first kappa shape index (κ1) is 17.9. The molecule has 1 unspecified atom stereocenters. The van der Waals surface area contributed by atoms with Crippen LogP contribution in [0.25, 0.3) is 11.5 Å². The monoisotopic (exact) mass is 372 g/mol. The summed E-state index contributed by atoms with van der Waals surface area (Å²) in [4.78, 5) is 12.1. The number of aryl methyl sites for hydroxylation is 1. The highest BCUT2D eigenvalue weighted by Crippen LogP contribution is 2.20. The molecular weight excluding hydrogens is 356 g/mol. The Kier molecular flexibility index (Phi) is 5.53. The van der Waals surface area contributed by atoms with Gasteiger partial charge in [0.1, 0.15) is 5.75 Å². The molecule has 1 heterocycles. The van der Waals surface area contributed by atoms with Gasteiger partial charge in [-0.2, -0.15) is 0 Å². The van der Waals surface area contributed by atoms with Crippen LogP contribution in [0.3, 0.4) is 0 Å². The van der Waals surface area contributed by atoms with Crippen molar-refractivity contribution in [3.63, 3.8) is 0 Å². The number of hydrogen-bond acceptors (Lipinski definition) is 6. The van der Waals surface area contributed by atoms with Crippen molar-refractivity contribution in [1.82, 2.24) is 10.2 Å². The van der Waals surface area contributed by atoms with Crippen LogP contribution in [0.2, 0.25) is 5.02 Å². The van der Waals surface area contributed by atoms with Crippen LogP contribution in [0.1, 0.15) is 18.4 Å². The van der Waals surface area contributed by atoms with Gasteiger partial charge in [0, 0.05) is 10.6 Å². The lowest BCUT2D eigenvalue weighted by molar-refractivity contribution is -0.153. The molecule has 0 aliphatic heterocycles. The zero-order valence-electron chi connectivity index (χ0n) is 14.3. The molecule has 0 aliphatic rings. The zero-order chi connectivity index (χ0) is 18.5. The molecule has 0 bridgehead atoms. The van der Waals surface area contributed by atoms with Gasteiger partial charge in [0.2, 0.25) is 5.89 Å². The summed E-state index contributed by atoms with van der Waals surface area (Å²) >= 11 is 5.85. The number of rotatable bonds is 6. The van der Waals surface area contributed by atoms with Gasteiger partial charge in [0.25, 0.3) is 5.89 Å². The van der Waals surface area contributed by atoms with E-state index in [9.17, 15) is 4.79 Å². The maximum Gasteiger partial charge on any atom is 0.347 e. The van der Waals surface area contributed by atoms with Crippen LogP contribution in [0.4, 0.5) is 0 Å². The molecule has 0 spiro atoms. The molecule has 7 heteroatoms. The Labute approximate surface area is 155 Å². The lowest BCUT2D eigenvalue weighted by Gasteiger charge is -2.13. The standard InChI is InChI=1S/C19H17ClN2O4/c1-12-3-9-16(10-4-12)25-13(2)19(23)24-11-17-21-22-18(26-17)14-5-7-15(20)8-6-14/h3-10,13H,11H2,1-2H3. The molecule has 134 valence electrons. The lowest BCUT2D eigenvalue weighted by Crippen LogP contribution is -2.26. The van der Waals surface area contributed by atoms with E-state index >= 15 is 0 Å². The first-order valence-corrected chi connectivity index (χ1v) is 8.37. The molecule has 0 radical (unpaired) electrons. The van der Waals surface area contributed by atoms with Gasteiger partial charge in [-0.25, -0.2) is 4.79 Å². The van der Waals surface area contributed by atoms with Gasteiger partial charge in [-0.15, -0.1) is 10.2 Å². The Bertz CT molecular complexity index is 875. The minimum absolute atomic E-state index is 0.124. The van der Waals surface area contributed by atoms with Gasteiger partial charge in [-0.1, -0.05) is 29.3 Å². The minimum Gasteiger partial charge on any atom is -0.479 e. The van der Waals surface area contributed by atoms with Crippen molar-refractivity contribution in [2.75, 3.05) is 0 Å². The molecule has 0 aliphatic carbocycles. The van der Waals surface area contributed by atoms with Crippen molar-refractivity contribution in [3.05, 3.63) is 65.0 Å². The van der Waals surface area contributed by atoms with Crippen LogP contribution in [0.15, 0.2) is 52.9 Å². The van der Waals surface area contributed by atoms with Gasteiger partial charge >= 0.3 is 5.97 Å². The molecule has 2 aromatic carbocycles. The predicted molar refractivity (Wildman–Crippen MR) is 95.8 cm³/mol. The molecule has 1 atom stereocenters. The lowest BCUT2D eigenvalue weighted by atomic mass is 10.2. The summed E-state index contributed by atoms with van der Waals surface area (Å²) in [5.74, 6) is 0.613. The second-order valence-electron chi connectivity index (χ2n) is 5.69. The second-order valence-corrected chi connectivity index (χ2v) is 6.13. The van der Waals surface area contributed by atoms with Crippen molar-refractivity contribution in [3.8, 4) is 17.2 Å². The second kappa shape index (κ2) is 8.01. The van der Waals surface area contributed by atoms with Crippen molar-refractivity contribution in [2.24, 2.45) is 0 Å². The summed E-state index contributed by atoms with van der Waals surface area (Å²) in [5, 5.41) is 8.42. The maximum atomic E-state index is 12.1. The number of nitrogens with zero attached hydrogens (tertiary/aromatic N) is 2. The molecule has 6 nitrogen and oxygen atoms in total. The third kappa shape index (κ3) is 4.61. The average Bonchev–Trinajstić information content (AvgIpc) is 3.11. The van der Waals surface area contributed by atoms with Gasteiger partial charge < -0.3 is 13.9 Å². The van der Waals surface area contributed by atoms with E-state index in [1.54, 1.807) is 43.3 Å². The summed E-state index contributed by atoms with van der Waals surface area (Å²) in [6, 6.07) is 14.4. The van der Waals surface area contributed by atoms with Gasteiger partial charge in [0.05, 0.1) is 0 Å². The van der Waals surface area contributed by atoms with Gasteiger partial charge in [-0.05, 0) is 50.2 Å². The number of carbonyl (C=O) groups excluding carboxylic acids is 1. The van der Waals surface area contributed by atoms with E-state index in [1.807, 2.05) is 19.1 Å². The highest BCUT2D eigenvalue weighted by molar-refractivity contribution is 6.30. The van der Waals surface area contributed by atoms with Crippen molar-refractivity contribution in [1.29, 1.82) is 0 Å². The van der Waals surface area contributed by atoms with Crippen LogP contribution in [-0.4, -0.2) is 22.3 Å². The fourth-order valence-electron chi connectivity index (χ4n) is 2.14. The SMILES string of the molecule is Cc1ccc(OC(C)C(=O)OCc2nnc(-c3ccc(Cl)cc3)o2)cc1. The largest absolute Gasteiger partial charge is 0.479 e. The number of esters is 1. The normalized spacial score (nSPS) is 11.8. The highest BCUT2D eigenvalue weighted by atomic mass is 35.5. The smallest absolute Gasteiger partial charge is 0.347 e.